The predicted molar refractivity (Wildman–Crippen MR) is 139 cm³/mol. The number of piperazine rings is 1. The third-order valence-electron chi connectivity index (χ3n) is 6.37. The zero-order valence-electron chi connectivity index (χ0n) is 20.5. The van der Waals surface area contributed by atoms with E-state index in [9.17, 15) is 9.59 Å². The van der Waals surface area contributed by atoms with E-state index in [1.54, 1.807) is 0 Å². The Morgan fingerprint density at radius 1 is 0.735 bits per heavy atom. The Balaban J connectivity index is 1.32. The van der Waals surface area contributed by atoms with Gasteiger partial charge < -0.3 is 15.1 Å². The Morgan fingerprint density at radius 3 is 1.85 bits per heavy atom. The fraction of sp³-hybridized carbons (Fsp3) is 0.310. The monoisotopic (exact) mass is 455 g/mol. The minimum atomic E-state index is -0.114. The summed E-state index contributed by atoms with van der Waals surface area (Å²) in [7, 11) is 0. The first kappa shape index (κ1) is 23.6. The van der Waals surface area contributed by atoms with Crippen molar-refractivity contribution in [2.75, 3.05) is 36.4 Å². The minimum Gasteiger partial charge on any atom is -0.368 e. The second-order valence-corrected chi connectivity index (χ2v) is 9.97. The molecule has 1 aliphatic heterocycles. The molecule has 4 rings (SSSR count). The molecule has 1 fully saturated rings. The van der Waals surface area contributed by atoms with Crippen molar-refractivity contribution in [3.8, 4) is 0 Å². The zero-order chi connectivity index (χ0) is 24.3. The van der Waals surface area contributed by atoms with Crippen LogP contribution in [0.2, 0.25) is 0 Å². The molecule has 0 radical (unpaired) electrons. The van der Waals surface area contributed by atoms with Crippen molar-refractivity contribution in [3.05, 3.63) is 95.1 Å². The van der Waals surface area contributed by atoms with Crippen molar-refractivity contribution < 1.29 is 9.59 Å². The lowest BCUT2D eigenvalue weighted by atomic mass is 9.87. The van der Waals surface area contributed by atoms with Gasteiger partial charge in [0.15, 0.2) is 0 Å². The third-order valence-corrected chi connectivity index (χ3v) is 6.37. The van der Waals surface area contributed by atoms with Crippen LogP contribution in [0.15, 0.2) is 72.8 Å². The first-order valence-corrected chi connectivity index (χ1v) is 11.8. The number of rotatable bonds is 4. The number of hydrogen-bond acceptors (Lipinski definition) is 3. The molecule has 0 aliphatic carbocycles. The van der Waals surface area contributed by atoms with Gasteiger partial charge in [0.2, 0.25) is 0 Å². The van der Waals surface area contributed by atoms with Crippen molar-refractivity contribution in [2.45, 2.75) is 33.1 Å². The number of nitrogens with zero attached hydrogens (tertiary/aromatic N) is 2. The van der Waals surface area contributed by atoms with E-state index in [1.807, 2.05) is 84.6 Å². The van der Waals surface area contributed by atoms with Gasteiger partial charge in [-0.1, -0.05) is 50.6 Å². The van der Waals surface area contributed by atoms with Crippen LogP contribution >= 0.6 is 0 Å². The molecular weight excluding hydrogens is 422 g/mol. The summed E-state index contributed by atoms with van der Waals surface area (Å²) in [5, 5.41) is 2.98. The molecule has 5 nitrogen and oxygen atoms in total. The van der Waals surface area contributed by atoms with Crippen LogP contribution in [0.1, 0.15) is 52.6 Å². The highest BCUT2D eigenvalue weighted by Gasteiger charge is 2.22. The Hall–Kier alpha value is -3.60. The fourth-order valence-electron chi connectivity index (χ4n) is 4.13. The summed E-state index contributed by atoms with van der Waals surface area (Å²) in [6.45, 7) is 11.4. The number of aryl methyl sites for hydroxylation is 1. The van der Waals surface area contributed by atoms with Gasteiger partial charge in [0.1, 0.15) is 0 Å². The smallest absolute Gasteiger partial charge is 0.255 e. The number of benzene rings is 3. The summed E-state index contributed by atoms with van der Waals surface area (Å²) in [6.07, 6.45) is 0. The molecule has 176 valence electrons. The quantitative estimate of drug-likeness (QED) is 0.565. The standard InChI is InChI=1S/C29H33N3O2/c1-21-5-7-23(8-6-21)28(34)32-19-17-31(18-20-32)26-15-13-25(14-16-26)30-27(33)22-9-11-24(12-10-22)29(2,3)4/h5-16H,17-20H2,1-4H3,(H,30,33). The predicted octanol–water partition coefficient (Wildman–Crippen LogP) is 5.51. The van der Waals surface area contributed by atoms with E-state index >= 15 is 0 Å². The van der Waals surface area contributed by atoms with E-state index in [4.69, 9.17) is 0 Å². The van der Waals surface area contributed by atoms with Crippen LogP contribution in [0, 0.1) is 6.92 Å². The van der Waals surface area contributed by atoms with E-state index in [1.165, 1.54) is 5.56 Å². The summed E-state index contributed by atoms with van der Waals surface area (Å²) in [6, 6.07) is 23.4. The van der Waals surface area contributed by atoms with Crippen LogP contribution in [0.3, 0.4) is 0 Å². The molecular formula is C29H33N3O2. The number of amides is 2. The highest BCUT2D eigenvalue weighted by Crippen LogP contribution is 2.23. The summed E-state index contributed by atoms with van der Waals surface area (Å²) in [5.41, 5.74) is 5.66. The first-order valence-electron chi connectivity index (χ1n) is 11.8. The second kappa shape index (κ2) is 9.72. The van der Waals surface area contributed by atoms with Crippen LogP contribution in [0.4, 0.5) is 11.4 Å². The van der Waals surface area contributed by atoms with Crippen molar-refractivity contribution >= 4 is 23.2 Å². The third kappa shape index (κ3) is 5.48. The van der Waals surface area contributed by atoms with Crippen LogP contribution in [0.5, 0.6) is 0 Å². The molecule has 1 saturated heterocycles. The lowest BCUT2D eigenvalue weighted by Crippen LogP contribution is -2.48. The van der Waals surface area contributed by atoms with Gasteiger partial charge in [0.25, 0.3) is 11.8 Å². The zero-order valence-corrected chi connectivity index (χ0v) is 20.5. The molecule has 1 N–H and O–H groups in total. The van der Waals surface area contributed by atoms with Crippen molar-refractivity contribution in [3.63, 3.8) is 0 Å². The van der Waals surface area contributed by atoms with Crippen LogP contribution in [-0.2, 0) is 5.41 Å². The maximum Gasteiger partial charge on any atom is 0.255 e. The average Bonchev–Trinajstić information content (AvgIpc) is 2.84. The van der Waals surface area contributed by atoms with Gasteiger partial charge in [-0.25, -0.2) is 0 Å². The van der Waals surface area contributed by atoms with Crippen molar-refractivity contribution in [2.24, 2.45) is 0 Å². The van der Waals surface area contributed by atoms with E-state index in [2.05, 4.69) is 31.0 Å². The maximum absolute atomic E-state index is 12.8. The Bertz CT molecular complexity index is 1140. The number of carbonyl (C=O) groups excluding carboxylic acids is 2. The largest absolute Gasteiger partial charge is 0.368 e. The van der Waals surface area contributed by atoms with Crippen molar-refractivity contribution in [1.82, 2.24) is 4.90 Å². The van der Waals surface area contributed by atoms with Gasteiger partial charge in [-0.15, -0.1) is 0 Å². The van der Waals surface area contributed by atoms with Gasteiger partial charge in [-0.3, -0.25) is 9.59 Å². The molecule has 0 unspecified atom stereocenters. The minimum absolute atomic E-state index is 0.0598. The fourth-order valence-corrected chi connectivity index (χ4v) is 4.13. The number of carbonyl (C=O) groups is 2. The molecule has 2 amide bonds. The molecule has 0 spiro atoms. The lowest BCUT2D eigenvalue weighted by molar-refractivity contribution is 0.0746. The van der Waals surface area contributed by atoms with E-state index in [-0.39, 0.29) is 17.2 Å². The Morgan fingerprint density at radius 2 is 1.29 bits per heavy atom. The molecule has 0 aromatic heterocycles. The molecule has 5 heteroatoms. The Labute approximate surface area is 202 Å². The molecule has 0 saturated carbocycles. The second-order valence-electron chi connectivity index (χ2n) is 9.97. The summed E-state index contributed by atoms with van der Waals surface area (Å²) >= 11 is 0. The summed E-state index contributed by atoms with van der Waals surface area (Å²) in [4.78, 5) is 29.6. The topological polar surface area (TPSA) is 52.7 Å². The molecule has 3 aromatic rings. The molecule has 34 heavy (non-hydrogen) atoms. The van der Waals surface area contributed by atoms with Gasteiger partial charge in [0.05, 0.1) is 0 Å². The maximum atomic E-state index is 12.8. The summed E-state index contributed by atoms with van der Waals surface area (Å²) < 4.78 is 0. The van der Waals surface area contributed by atoms with E-state index in [0.717, 1.165) is 35.6 Å². The van der Waals surface area contributed by atoms with Crippen LogP contribution in [-0.4, -0.2) is 42.9 Å². The van der Waals surface area contributed by atoms with Crippen LogP contribution in [0.25, 0.3) is 0 Å². The molecule has 1 aliphatic rings. The van der Waals surface area contributed by atoms with Gasteiger partial charge in [0, 0.05) is 48.7 Å². The highest BCUT2D eigenvalue weighted by molar-refractivity contribution is 6.04. The summed E-state index contributed by atoms with van der Waals surface area (Å²) in [5.74, 6) is -0.0234. The molecule has 1 heterocycles. The van der Waals surface area contributed by atoms with Crippen molar-refractivity contribution in [1.29, 1.82) is 0 Å². The van der Waals surface area contributed by atoms with Gasteiger partial charge >= 0.3 is 0 Å². The number of anilines is 2. The lowest BCUT2D eigenvalue weighted by Gasteiger charge is -2.36. The Kier molecular flexibility index (Phi) is 6.73. The molecule has 3 aromatic carbocycles. The molecule has 0 atom stereocenters. The van der Waals surface area contributed by atoms with Gasteiger partial charge in [-0.05, 0) is 66.4 Å². The highest BCUT2D eigenvalue weighted by atomic mass is 16.2. The van der Waals surface area contributed by atoms with E-state index in [0.29, 0.717) is 18.7 Å². The normalized spacial score (nSPS) is 14.1. The average molecular weight is 456 g/mol. The van der Waals surface area contributed by atoms with E-state index < -0.39 is 0 Å². The van der Waals surface area contributed by atoms with Crippen LogP contribution < -0.4 is 10.2 Å². The van der Waals surface area contributed by atoms with Gasteiger partial charge in [-0.2, -0.15) is 0 Å². The molecule has 0 bridgehead atoms. The first-order chi connectivity index (χ1) is 16.2. The number of hydrogen-bond donors (Lipinski definition) is 1. The number of nitrogens with one attached hydrogen (secondary N) is 1. The SMILES string of the molecule is Cc1ccc(C(=O)N2CCN(c3ccc(NC(=O)c4ccc(C(C)(C)C)cc4)cc3)CC2)cc1.